The molecule has 0 aliphatic carbocycles. The number of hydrogen-bond donors (Lipinski definition) is 2. The molecule has 0 bridgehead atoms. The molecule has 2 aromatic rings. The van der Waals surface area contributed by atoms with E-state index in [9.17, 15) is 8.42 Å². The molecule has 0 radical (unpaired) electrons. The summed E-state index contributed by atoms with van der Waals surface area (Å²) in [5.41, 5.74) is 2.86. The van der Waals surface area contributed by atoms with Gasteiger partial charge < -0.3 is 5.32 Å². The van der Waals surface area contributed by atoms with Crippen molar-refractivity contribution in [2.24, 2.45) is 0 Å². The van der Waals surface area contributed by atoms with Gasteiger partial charge >= 0.3 is 0 Å². The van der Waals surface area contributed by atoms with E-state index in [2.05, 4.69) is 31.0 Å². The van der Waals surface area contributed by atoms with Crippen LogP contribution in [0.1, 0.15) is 18.9 Å². The molecule has 1 heterocycles. The van der Waals surface area contributed by atoms with Gasteiger partial charge in [-0.05, 0) is 49.2 Å². The first-order chi connectivity index (χ1) is 10.4. The molecule has 0 unspecified atom stereocenters. The molecule has 0 aliphatic heterocycles. The van der Waals surface area contributed by atoms with Crippen LogP contribution in [0.3, 0.4) is 0 Å². The first-order valence-corrected chi connectivity index (χ1v) is 9.34. The number of sulfonamides is 1. The van der Waals surface area contributed by atoms with Crippen LogP contribution in [-0.2, 0) is 10.0 Å². The summed E-state index contributed by atoms with van der Waals surface area (Å²) >= 11 is 3.46. The third-order valence-corrected chi connectivity index (χ3v) is 5.30. The van der Waals surface area contributed by atoms with Gasteiger partial charge in [-0.25, -0.2) is 13.4 Å². The van der Waals surface area contributed by atoms with Gasteiger partial charge in [-0.3, -0.25) is 4.72 Å². The summed E-state index contributed by atoms with van der Waals surface area (Å²) in [6, 6.07) is 9.37. The van der Waals surface area contributed by atoms with E-state index in [-0.39, 0.29) is 5.75 Å². The van der Waals surface area contributed by atoms with Gasteiger partial charge in [-0.2, -0.15) is 0 Å². The maximum absolute atomic E-state index is 11.7. The van der Waals surface area contributed by atoms with Gasteiger partial charge in [0, 0.05) is 10.2 Å². The molecule has 0 saturated heterocycles. The molecule has 7 heteroatoms. The zero-order valence-corrected chi connectivity index (χ0v) is 14.8. The number of pyridine rings is 1. The largest absolute Gasteiger partial charge is 0.354 e. The van der Waals surface area contributed by atoms with Gasteiger partial charge in [0.25, 0.3) is 0 Å². The first kappa shape index (κ1) is 16.8. The highest BCUT2D eigenvalue weighted by Gasteiger charge is 2.09. The SMILES string of the molecule is CCCS(=O)(=O)Nc1ccc(Nc2ccc(Br)c(C)c2)cn1. The number of benzene rings is 1. The Bertz CT molecular complexity index is 746. The van der Waals surface area contributed by atoms with Crippen LogP contribution in [0.2, 0.25) is 0 Å². The molecule has 0 atom stereocenters. The third kappa shape index (κ3) is 4.71. The van der Waals surface area contributed by atoms with Crippen LogP contribution in [0.15, 0.2) is 41.0 Å². The number of nitrogens with one attached hydrogen (secondary N) is 2. The highest BCUT2D eigenvalue weighted by molar-refractivity contribution is 9.10. The van der Waals surface area contributed by atoms with Gasteiger partial charge in [-0.1, -0.05) is 22.9 Å². The van der Waals surface area contributed by atoms with E-state index >= 15 is 0 Å². The second kappa shape index (κ2) is 7.11. The molecule has 2 N–H and O–H groups in total. The molecule has 1 aromatic carbocycles. The molecular formula is C15H18BrN3O2S. The maximum atomic E-state index is 11.7. The zero-order chi connectivity index (χ0) is 16.2. The fourth-order valence-corrected chi connectivity index (χ4v) is 3.22. The van der Waals surface area contributed by atoms with Crippen molar-refractivity contribution in [3.05, 3.63) is 46.6 Å². The number of nitrogens with zero attached hydrogens (tertiary/aromatic N) is 1. The molecule has 0 fully saturated rings. The second-order valence-electron chi connectivity index (χ2n) is 4.94. The summed E-state index contributed by atoms with van der Waals surface area (Å²) in [5, 5.41) is 3.23. The van der Waals surface area contributed by atoms with E-state index in [1.54, 1.807) is 18.3 Å². The molecule has 0 aliphatic rings. The van der Waals surface area contributed by atoms with E-state index < -0.39 is 10.0 Å². The Morgan fingerprint density at radius 2 is 1.91 bits per heavy atom. The first-order valence-electron chi connectivity index (χ1n) is 6.89. The minimum Gasteiger partial charge on any atom is -0.354 e. The van der Waals surface area contributed by atoms with Crippen molar-refractivity contribution in [2.75, 3.05) is 15.8 Å². The minimum absolute atomic E-state index is 0.0901. The maximum Gasteiger partial charge on any atom is 0.233 e. The van der Waals surface area contributed by atoms with Crippen LogP contribution in [-0.4, -0.2) is 19.2 Å². The van der Waals surface area contributed by atoms with Gasteiger partial charge in [-0.15, -0.1) is 0 Å². The summed E-state index contributed by atoms with van der Waals surface area (Å²) in [5.74, 6) is 0.415. The summed E-state index contributed by atoms with van der Waals surface area (Å²) in [6.45, 7) is 3.83. The second-order valence-corrected chi connectivity index (χ2v) is 7.64. The van der Waals surface area contributed by atoms with Crippen molar-refractivity contribution in [2.45, 2.75) is 20.3 Å². The summed E-state index contributed by atoms with van der Waals surface area (Å²) in [6.07, 6.45) is 2.17. The van der Waals surface area contributed by atoms with Crippen LogP contribution < -0.4 is 10.0 Å². The summed E-state index contributed by atoms with van der Waals surface area (Å²) < 4.78 is 26.9. The smallest absolute Gasteiger partial charge is 0.233 e. The zero-order valence-electron chi connectivity index (χ0n) is 12.4. The van der Waals surface area contributed by atoms with Crippen LogP contribution in [0.4, 0.5) is 17.2 Å². The minimum atomic E-state index is -3.30. The lowest BCUT2D eigenvalue weighted by Crippen LogP contribution is -2.16. The Morgan fingerprint density at radius 3 is 2.50 bits per heavy atom. The molecule has 0 spiro atoms. The number of rotatable bonds is 6. The van der Waals surface area contributed by atoms with Crippen LogP contribution in [0.25, 0.3) is 0 Å². The molecule has 22 heavy (non-hydrogen) atoms. The Kier molecular flexibility index (Phi) is 5.42. The van der Waals surface area contributed by atoms with Crippen LogP contribution >= 0.6 is 15.9 Å². The Balaban J connectivity index is 2.07. The quantitative estimate of drug-likeness (QED) is 0.788. The predicted molar refractivity (Wildman–Crippen MR) is 94.1 cm³/mol. The lowest BCUT2D eigenvalue weighted by Gasteiger charge is -2.10. The standard InChI is InChI=1S/C15H18BrN3O2S/c1-3-8-22(20,21)19-15-7-5-13(10-17-15)18-12-4-6-14(16)11(2)9-12/h4-7,9-10,18H,3,8H2,1-2H3,(H,17,19). The van der Waals surface area contributed by atoms with Crippen molar-refractivity contribution < 1.29 is 8.42 Å². The van der Waals surface area contributed by atoms with Gasteiger partial charge in [0.2, 0.25) is 10.0 Å². The van der Waals surface area contributed by atoms with Crippen molar-refractivity contribution in [1.29, 1.82) is 0 Å². The number of hydrogen-bond acceptors (Lipinski definition) is 4. The molecule has 5 nitrogen and oxygen atoms in total. The van der Waals surface area contributed by atoms with Crippen LogP contribution in [0.5, 0.6) is 0 Å². The molecular weight excluding hydrogens is 366 g/mol. The number of aryl methyl sites for hydroxylation is 1. The van der Waals surface area contributed by atoms with E-state index in [1.165, 1.54) is 0 Å². The van der Waals surface area contributed by atoms with E-state index in [0.717, 1.165) is 21.4 Å². The van der Waals surface area contributed by atoms with Crippen molar-refractivity contribution >= 4 is 43.1 Å². The van der Waals surface area contributed by atoms with E-state index in [4.69, 9.17) is 0 Å². The Hall–Kier alpha value is -1.60. The molecule has 118 valence electrons. The Morgan fingerprint density at radius 1 is 1.18 bits per heavy atom. The van der Waals surface area contributed by atoms with Crippen molar-refractivity contribution in [1.82, 2.24) is 4.98 Å². The average Bonchev–Trinajstić information content (AvgIpc) is 2.44. The van der Waals surface area contributed by atoms with Crippen LogP contribution in [0, 0.1) is 6.92 Å². The van der Waals surface area contributed by atoms with Crippen molar-refractivity contribution in [3.8, 4) is 0 Å². The normalized spacial score (nSPS) is 11.2. The van der Waals surface area contributed by atoms with Gasteiger partial charge in [0.1, 0.15) is 5.82 Å². The topological polar surface area (TPSA) is 71.1 Å². The third-order valence-electron chi connectivity index (χ3n) is 2.94. The van der Waals surface area contributed by atoms with E-state index in [0.29, 0.717) is 12.2 Å². The summed E-state index contributed by atoms with van der Waals surface area (Å²) in [7, 11) is -3.30. The monoisotopic (exact) mass is 383 g/mol. The number of halogens is 1. The highest BCUT2D eigenvalue weighted by Crippen LogP contribution is 2.23. The number of anilines is 3. The van der Waals surface area contributed by atoms with Crippen molar-refractivity contribution in [3.63, 3.8) is 0 Å². The fraction of sp³-hybridized carbons (Fsp3) is 0.267. The molecule has 0 saturated carbocycles. The molecule has 1 aromatic heterocycles. The lowest BCUT2D eigenvalue weighted by molar-refractivity contribution is 0.599. The number of aromatic nitrogens is 1. The molecule has 2 rings (SSSR count). The van der Waals surface area contributed by atoms with Gasteiger partial charge in [0.15, 0.2) is 0 Å². The van der Waals surface area contributed by atoms with Gasteiger partial charge in [0.05, 0.1) is 17.6 Å². The molecule has 0 amide bonds. The fourth-order valence-electron chi connectivity index (χ4n) is 1.90. The Labute approximate surface area is 139 Å². The highest BCUT2D eigenvalue weighted by atomic mass is 79.9. The van der Waals surface area contributed by atoms with E-state index in [1.807, 2.05) is 32.0 Å². The average molecular weight is 384 g/mol. The summed E-state index contributed by atoms with van der Waals surface area (Å²) in [4.78, 5) is 4.12. The lowest BCUT2D eigenvalue weighted by atomic mass is 10.2. The predicted octanol–water partition coefficient (Wildman–Crippen LogP) is 4.05.